The lowest BCUT2D eigenvalue weighted by Crippen LogP contribution is -2.15. The Morgan fingerprint density at radius 1 is 1.14 bits per heavy atom. The molecule has 112 valence electrons. The minimum Gasteiger partial charge on any atom is -0.508 e. The van der Waals surface area contributed by atoms with Crippen LogP contribution in [-0.2, 0) is 10.0 Å². The Morgan fingerprint density at radius 2 is 1.81 bits per heavy atom. The lowest BCUT2D eigenvalue weighted by Gasteiger charge is -2.11. The molecule has 21 heavy (non-hydrogen) atoms. The average Bonchev–Trinajstić information content (AvgIpc) is 2.37. The Hall–Kier alpha value is -2.35. The summed E-state index contributed by atoms with van der Waals surface area (Å²) in [6.07, 6.45) is 0. The van der Waals surface area contributed by atoms with Gasteiger partial charge in [0.1, 0.15) is 22.3 Å². The molecule has 0 radical (unpaired) electrons. The Bertz CT molecular complexity index is 807. The largest absolute Gasteiger partial charge is 0.508 e. The summed E-state index contributed by atoms with van der Waals surface area (Å²) in [6, 6.07) is 5.16. The van der Waals surface area contributed by atoms with E-state index >= 15 is 0 Å². The molecular formula is C13H12F2N2O3S. The van der Waals surface area contributed by atoms with Crippen LogP contribution in [0.15, 0.2) is 35.2 Å². The molecule has 0 saturated carbocycles. The van der Waals surface area contributed by atoms with E-state index in [1.54, 1.807) is 6.92 Å². The van der Waals surface area contributed by atoms with Crippen LogP contribution in [0.25, 0.3) is 0 Å². The molecule has 0 fully saturated rings. The summed E-state index contributed by atoms with van der Waals surface area (Å²) in [4.78, 5) is -0.776. The van der Waals surface area contributed by atoms with E-state index in [9.17, 15) is 22.3 Å². The van der Waals surface area contributed by atoms with Crippen LogP contribution in [0.2, 0.25) is 0 Å². The normalized spacial score (nSPS) is 11.4. The van der Waals surface area contributed by atoms with Crippen molar-refractivity contribution in [1.82, 2.24) is 0 Å². The highest BCUT2D eigenvalue weighted by molar-refractivity contribution is 7.92. The fourth-order valence-electron chi connectivity index (χ4n) is 1.63. The summed E-state index contributed by atoms with van der Waals surface area (Å²) in [5.41, 5.74) is 5.36. The predicted molar refractivity (Wildman–Crippen MR) is 74.4 cm³/mol. The van der Waals surface area contributed by atoms with Gasteiger partial charge < -0.3 is 10.8 Å². The first kappa shape index (κ1) is 15.0. The molecule has 5 nitrogen and oxygen atoms in total. The molecule has 8 heteroatoms. The predicted octanol–water partition coefficient (Wildman–Crippen LogP) is 2.36. The van der Waals surface area contributed by atoms with Crippen LogP contribution in [0, 0.1) is 18.6 Å². The summed E-state index contributed by atoms with van der Waals surface area (Å²) in [6.45, 7) is 1.63. The van der Waals surface area contributed by atoms with E-state index in [4.69, 9.17) is 5.73 Å². The van der Waals surface area contributed by atoms with Gasteiger partial charge in [-0.2, -0.15) is 0 Å². The molecule has 0 aromatic heterocycles. The van der Waals surface area contributed by atoms with Crippen LogP contribution < -0.4 is 10.5 Å². The molecule has 0 aliphatic heterocycles. The van der Waals surface area contributed by atoms with Gasteiger partial charge in [0.05, 0.1) is 11.4 Å². The van der Waals surface area contributed by atoms with Gasteiger partial charge in [0.2, 0.25) is 0 Å². The van der Waals surface area contributed by atoms with Gasteiger partial charge in [0, 0.05) is 12.1 Å². The second-order valence-corrected chi connectivity index (χ2v) is 6.06. The molecule has 0 bridgehead atoms. The first-order valence-electron chi connectivity index (χ1n) is 5.77. The minimum absolute atomic E-state index is 0.0420. The Morgan fingerprint density at radius 3 is 2.43 bits per heavy atom. The van der Waals surface area contributed by atoms with E-state index in [0.29, 0.717) is 17.7 Å². The van der Waals surface area contributed by atoms with Crippen LogP contribution >= 0.6 is 0 Å². The number of anilines is 2. The first-order chi connectivity index (χ1) is 9.70. The van der Waals surface area contributed by atoms with Crippen molar-refractivity contribution < 1.29 is 22.3 Å². The van der Waals surface area contributed by atoms with Crippen molar-refractivity contribution >= 4 is 21.4 Å². The number of nitrogens with two attached hydrogens (primary N) is 1. The number of hydrogen-bond acceptors (Lipinski definition) is 4. The van der Waals surface area contributed by atoms with Crippen LogP contribution in [-0.4, -0.2) is 13.5 Å². The third-order valence-corrected chi connectivity index (χ3v) is 4.20. The van der Waals surface area contributed by atoms with E-state index < -0.39 is 32.2 Å². The molecular weight excluding hydrogens is 302 g/mol. The fraction of sp³-hybridized carbons (Fsp3) is 0.0769. The van der Waals surface area contributed by atoms with Crippen LogP contribution in [0.3, 0.4) is 0 Å². The monoisotopic (exact) mass is 314 g/mol. The van der Waals surface area contributed by atoms with E-state index in [2.05, 4.69) is 4.72 Å². The zero-order chi connectivity index (χ0) is 15.8. The summed E-state index contributed by atoms with van der Waals surface area (Å²) in [5.74, 6) is -2.42. The fourth-order valence-corrected chi connectivity index (χ4v) is 2.78. The maximum Gasteiger partial charge on any atom is 0.264 e. The second kappa shape index (κ2) is 5.21. The van der Waals surface area contributed by atoms with E-state index in [-0.39, 0.29) is 11.4 Å². The van der Waals surface area contributed by atoms with E-state index in [1.807, 2.05) is 0 Å². The standard InChI is InChI=1S/C13H12F2N2O3S/c1-7-2-3-8(4-12(7)18)17-21(19,20)13-6-11(16)9(14)5-10(13)15/h2-6,17-18H,16H2,1H3. The molecule has 0 aliphatic rings. The number of aromatic hydroxyl groups is 1. The minimum atomic E-state index is -4.30. The van der Waals surface area contributed by atoms with Crippen LogP contribution in [0.5, 0.6) is 5.75 Å². The summed E-state index contributed by atoms with van der Waals surface area (Å²) < 4.78 is 52.9. The first-order valence-corrected chi connectivity index (χ1v) is 7.26. The maximum absolute atomic E-state index is 13.6. The molecule has 0 unspecified atom stereocenters. The van der Waals surface area contributed by atoms with Crippen LogP contribution in [0.1, 0.15) is 5.56 Å². The van der Waals surface area contributed by atoms with Gasteiger partial charge in [-0.1, -0.05) is 6.07 Å². The SMILES string of the molecule is Cc1ccc(NS(=O)(=O)c2cc(N)c(F)cc2F)cc1O. The molecule has 2 aromatic carbocycles. The smallest absolute Gasteiger partial charge is 0.264 e. The topological polar surface area (TPSA) is 92.4 Å². The van der Waals surface area contributed by atoms with E-state index in [1.165, 1.54) is 18.2 Å². The number of nitrogens with one attached hydrogen (secondary N) is 1. The second-order valence-electron chi connectivity index (χ2n) is 4.41. The highest BCUT2D eigenvalue weighted by Gasteiger charge is 2.21. The van der Waals surface area contributed by atoms with Crippen molar-refractivity contribution in [2.24, 2.45) is 0 Å². The Kier molecular flexibility index (Phi) is 3.73. The van der Waals surface area contributed by atoms with Crippen LogP contribution in [0.4, 0.5) is 20.2 Å². The molecule has 2 rings (SSSR count). The highest BCUT2D eigenvalue weighted by Crippen LogP contribution is 2.26. The van der Waals surface area contributed by atoms with Crippen molar-refractivity contribution in [1.29, 1.82) is 0 Å². The summed E-state index contributed by atoms with van der Waals surface area (Å²) in [5, 5.41) is 9.52. The van der Waals surface area contributed by atoms with E-state index in [0.717, 1.165) is 0 Å². The van der Waals surface area contributed by atoms with Gasteiger partial charge in [0.15, 0.2) is 0 Å². The quantitative estimate of drug-likeness (QED) is 0.758. The molecule has 0 amide bonds. The molecule has 0 saturated heterocycles. The number of aryl methyl sites for hydroxylation is 1. The number of benzene rings is 2. The molecule has 0 spiro atoms. The molecule has 0 aliphatic carbocycles. The number of hydrogen-bond donors (Lipinski definition) is 3. The number of phenols is 1. The van der Waals surface area contributed by atoms with Gasteiger partial charge in [0.25, 0.3) is 10.0 Å². The Balaban J connectivity index is 2.43. The van der Waals surface area contributed by atoms with Gasteiger partial charge >= 0.3 is 0 Å². The van der Waals surface area contributed by atoms with Crippen molar-refractivity contribution in [3.8, 4) is 5.75 Å². The van der Waals surface area contributed by atoms with Gasteiger partial charge in [-0.15, -0.1) is 0 Å². The zero-order valence-corrected chi connectivity index (χ0v) is 11.7. The molecule has 2 aromatic rings. The number of sulfonamides is 1. The van der Waals surface area contributed by atoms with Gasteiger partial charge in [-0.05, 0) is 24.6 Å². The zero-order valence-electron chi connectivity index (χ0n) is 10.9. The lowest BCUT2D eigenvalue weighted by molar-refractivity contribution is 0.471. The number of rotatable bonds is 3. The lowest BCUT2D eigenvalue weighted by atomic mass is 10.2. The number of phenolic OH excluding ortho intramolecular Hbond substituents is 1. The Labute approximate surface area is 120 Å². The highest BCUT2D eigenvalue weighted by atomic mass is 32.2. The molecule has 4 N–H and O–H groups in total. The molecule has 0 atom stereocenters. The van der Waals surface area contributed by atoms with Gasteiger partial charge in [-0.3, -0.25) is 4.72 Å². The van der Waals surface area contributed by atoms with Crippen molar-refractivity contribution in [3.05, 3.63) is 47.5 Å². The number of nitrogen functional groups attached to an aromatic ring is 1. The van der Waals surface area contributed by atoms with Gasteiger partial charge in [-0.25, -0.2) is 17.2 Å². The summed E-state index contributed by atoms with van der Waals surface area (Å²) >= 11 is 0. The van der Waals surface area contributed by atoms with Crippen molar-refractivity contribution in [2.45, 2.75) is 11.8 Å². The van der Waals surface area contributed by atoms with Crippen molar-refractivity contribution in [3.63, 3.8) is 0 Å². The maximum atomic E-state index is 13.6. The summed E-state index contributed by atoms with van der Waals surface area (Å²) in [7, 11) is -4.30. The third-order valence-electron chi connectivity index (χ3n) is 2.80. The number of halogens is 2. The third kappa shape index (κ3) is 3.05. The average molecular weight is 314 g/mol. The van der Waals surface area contributed by atoms with Crippen molar-refractivity contribution in [2.75, 3.05) is 10.5 Å². The molecule has 0 heterocycles.